The largest absolute Gasteiger partial charge is 0.508 e. The summed E-state index contributed by atoms with van der Waals surface area (Å²) in [6.45, 7) is 0. The van der Waals surface area contributed by atoms with Crippen molar-refractivity contribution in [1.82, 2.24) is 0 Å². The summed E-state index contributed by atoms with van der Waals surface area (Å²) in [6, 6.07) is 4.92. The zero-order valence-corrected chi connectivity index (χ0v) is 9.07. The van der Waals surface area contributed by atoms with E-state index in [1.165, 1.54) is 24.3 Å². The Bertz CT molecular complexity index is 463. The van der Waals surface area contributed by atoms with Crippen LogP contribution in [0, 0.1) is 0 Å². The van der Waals surface area contributed by atoms with Crippen LogP contribution in [0.1, 0.15) is 16.8 Å². The molecule has 0 aliphatic rings. The Morgan fingerprint density at radius 1 is 1.11 bits per heavy atom. The number of carbonyl (C=O) groups is 3. The number of hydrogen-bond donors (Lipinski definition) is 3. The molecular weight excluding hydrogens is 244 g/mol. The number of carboxylic acids is 2. The van der Waals surface area contributed by atoms with Gasteiger partial charge in [-0.2, -0.15) is 0 Å². The van der Waals surface area contributed by atoms with Crippen LogP contribution in [0.3, 0.4) is 0 Å². The number of phenols is 1. The highest BCUT2D eigenvalue weighted by atomic mass is 16.6. The van der Waals surface area contributed by atoms with Crippen LogP contribution in [-0.4, -0.2) is 39.3 Å². The summed E-state index contributed by atoms with van der Waals surface area (Å²) in [6.07, 6.45) is -2.57. The van der Waals surface area contributed by atoms with Gasteiger partial charge < -0.3 is 20.1 Å². The molecule has 0 aromatic heterocycles. The van der Waals surface area contributed by atoms with E-state index in [1.54, 1.807) is 0 Å². The van der Waals surface area contributed by atoms with Crippen LogP contribution < -0.4 is 0 Å². The molecule has 96 valence electrons. The van der Waals surface area contributed by atoms with E-state index in [0.29, 0.717) is 0 Å². The lowest BCUT2D eigenvalue weighted by atomic mass is 10.2. The van der Waals surface area contributed by atoms with Crippen LogP contribution in [0.4, 0.5) is 0 Å². The van der Waals surface area contributed by atoms with Crippen molar-refractivity contribution < 1.29 is 34.4 Å². The van der Waals surface area contributed by atoms with Gasteiger partial charge in [-0.3, -0.25) is 4.79 Å². The molecule has 1 rings (SSSR count). The van der Waals surface area contributed by atoms with E-state index in [2.05, 4.69) is 4.74 Å². The molecule has 0 fully saturated rings. The van der Waals surface area contributed by atoms with Gasteiger partial charge in [0.15, 0.2) is 0 Å². The van der Waals surface area contributed by atoms with E-state index >= 15 is 0 Å². The third-order valence-corrected chi connectivity index (χ3v) is 1.99. The van der Waals surface area contributed by atoms with Crippen molar-refractivity contribution in [3.63, 3.8) is 0 Å². The molecule has 1 unspecified atom stereocenters. The molecule has 0 aliphatic carbocycles. The molecule has 0 spiro atoms. The van der Waals surface area contributed by atoms with Crippen LogP contribution >= 0.6 is 0 Å². The maximum Gasteiger partial charge on any atom is 0.345 e. The topological polar surface area (TPSA) is 121 Å². The minimum absolute atomic E-state index is 0.0180. The normalized spacial score (nSPS) is 11.6. The Labute approximate surface area is 101 Å². The zero-order valence-electron chi connectivity index (χ0n) is 9.07. The van der Waals surface area contributed by atoms with E-state index in [4.69, 9.17) is 15.3 Å². The van der Waals surface area contributed by atoms with Crippen molar-refractivity contribution in [1.29, 1.82) is 0 Å². The van der Waals surface area contributed by atoms with Crippen molar-refractivity contribution in [2.75, 3.05) is 0 Å². The number of hydrogen-bond acceptors (Lipinski definition) is 5. The number of benzene rings is 1. The van der Waals surface area contributed by atoms with E-state index in [1.807, 2.05) is 0 Å². The van der Waals surface area contributed by atoms with Gasteiger partial charge in [-0.05, 0) is 24.3 Å². The molecule has 18 heavy (non-hydrogen) atoms. The second-order valence-electron chi connectivity index (χ2n) is 3.38. The fraction of sp³-hybridized carbons (Fsp3) is 0.182. The van der Waals surface area contributed by atoms with E-state index in [9.17, 15) is 14.4 Å². The highest BCUT2D eigenvalue weighted by Gasteiger charge is 2.25. The first-order chi connectivity index (χ1) is 8.40. The van der Waals surface area contributed by atoms with Gasteiger partial charge in [-0.1, -0.05) is 0 Å². The predicted octanol–water partition coefficient (Wildman–Crippen LogP) is 0.477. The third-order valence-electron chi connectivity index (χ3n) is 1.99. The van der Waals surface area contributed by atoms with Crippen LogP contribution in [0.15, 0.2) is 24.3 Å². The van der Waals surface area contributed by atoms with Crippen molar-refractivity contribution in [3.8, 4) is 5.75 Å². The van der Waals surface area contributed by atoms with Crippen LogP contribution in [0.5, 0.6) is 5.75 Å². The molecule has 7 heteroatoms. The average Bonchev–Trinajstić information content (AvgIpc) is 2.28. The van der Waals surface area contributed by atoms with Gasteiger partial charge in [0.2, 0.25) is 6.10 Å². The van der Waals surface area contributed by atoms with Gasteiger partial charge in [0.1, 0.15) is 5.75 Å². The van der Waals surface area contributed by atoms with Gasteiger partial charge in [-0.15, -0.1) is 0 Å². The van der Waals surface area contributed by atoms with Crippen molar-refractivity contribution in [2.24, 2.45) is 0 Å². The van der Waals surface area contributed by atoms with Crippen LogP contribution in [0.25, 0.3) is 0 Å². The summed E-state index contributed by atoms with van der Waals surface area (Å²) >= 11 is 0. The molecule has 1 aromatic carbocycles. The van der Waals surface area contributed by atoms with Crippen molar-refractivity contribution >= 4 is 17.9 Å². The van der Waals surface area contributed by atoms with E-state index in [0.717, 1.165) is 0 Å². The maximum absolute atomic E-state index is 11.5. The van der Waals surface area contributed by atoms with E-state index < -0.39 is 30.4 Å². The average molecular weight is 254 g/mol. The van der Waals surface area contributed by atoms with Crippen molar-refractivity contribution in [3.05, 3.63) is 29.8 Å². The van der Waals surface area contributed by atoms with Crippen LogP contribution in [0.2, 0.25) is 0 Å². The molecule has 0 amide bonds. The Balaban J connectivity index is 2.75. The van der Waals surface area contributed by atoms with Gasteiger partial charge in [0, 0.05) is 0 Å². The Morgan fingerprint density at radius 3 is 2.11 bits per heavy atom. The molecule has 0 saturated carbocycles. The molecule has 0 radical (unpaired) electrons. The summed E-state index contributed by atoms with van der Waals surface area (Å²) in [4.78, 5) is 32.6. The van der Waals surface area contributed by atoms with E-state index in [-0.39, 0.29) is 11.3 Å². The zero-order chi connectivity index (χ0) is 13.7. The summed E-state index contributed by atoms with van der Waals surface area (Å²) in [5, 5.41) is 26.2. The molecule has 0 heterocycles. The number of carbonyl (C=O) groups excluding carboxylic acids is 1. The number of aromatic hydroxyl groups is 1. The summed E-state index contributed by atoms with van der Waals surface area (Å²) in [7, 11) is 0. The first-order valence-corrected chi connectivity index (χ1v) is 4.84. The number of rotatable bonds is 5. The summed E-state index contributed by atoms with van der Waals surface area (Å²) in [5.41, 5.74) is 0.0180. The fourth-order valence-corrected chi connectivity index (χ4v) is 1.13. The van der Waals surface area contributed by atoms with Gasteiger partial charge in [0.05, 0.1) is 12.0 Å². The Morgan fingerprint density at radius 2 is 1.67 bits per heavy atom. The Kier molecular flexibility index (Phi) is 4.25. The molecule has 0 saturated heterocycles. The summed E-state index contributed by atoms with van der Waals surface area (Å²) < 4.78 is 4.55. The molecule has 0 bridgehead atoms. The Hall–Kier alpha value is -2.57. The molecular formula is C11H10O7. The number of ether oxygens (including phenoxy) is 1. The number of aliphatic carboxylic acids is 2. The fourth-order valence-electron chi connectivity index (χ4n) is 1.13. The minimum atomic E-state index is -1.75. The van der Waals surface area contributed by atoms with Gasteiger partial charge >= 0.3 is 17.9 Å². The lowest BCUT2D eigenvalue weighted by Crippen LogP contribution is -2.29. The minimum Gasteiger partial charge on any atom is -0.508 e. The first-order valence-electron chi connectivity index (χ1n) is 4.84. The molecule has 3 N–H and O–H groups in total. The first kappa shape index (κ1) is 13.5. The van der Waals surface area contributed by atoms with Gasteiger partial charge in [-0.25, -0.2) is 9.59 Å². The van der Waals surface area contributed by atoms with Gasteiger partial charge in [0.25, 0.3) is 0 Å². The second kappa shape index (κ2) is 5.67. The lowest BCUT2D eigenvalue weighted by Gasteiger charge is -2.11. The standard InChI is InChI=1S/C11H10O7/c12-7-3-1-6(2-4-7)11(17)18-8(10(15)16)5-9(13)14/h1-4,8,12H,5H2,(H,13,14)(H,15,16). The summed E-state index contributed by atoms with van der Waals surface area (Å²) in [5.74, 6) is -3.96. The molecule has 7 nitrogen and oxygen atoms in total. The smallest absolute Gasteiger partial charge is 0.345 e. The molecule has 0 aliphatic heterocycles. The second-order valence-corrected chi connectivity index (χ2v) is 3.38. The number of carboxylic acid groups (broad SMARTS) is 2. The number of phenolic OH excluding ortho intramolecular Hbond substituents is 1. The third kappa shape index (κ3) is 3.78. The highest BCUT2D eigenvalue weighted by molar-refractivity contribution is 5.92. The molecule has 1 atom stereocenters. The quantitative estimate of drug-likeness (QED) is 0.653. The van der Waals surface area contributed by atoms with Crippen LogP contribution in [-0.2, 0) is 14.3 Å². The van der Waals surface area contributed by atoms with Crippen molar-refractivity contribution in [2.45, 2.75) is 12.5 Å². The lowest BCUT2D eigenvalue weighted by molar-refractivity contribution is -0.153. The maximum atomic E-state index is 11.5. The predicted molar refractivity (Wildman–Crippen MR) is 57.2 cm³/mol. The molecule has 1 aromatic rings. The highest BCUT2D eigenvalue weighted by Crippen LogP contribution is 2.12. The number of esters is 1. The SMILES string of the molecule is O=C(O)CC(OC(=O)c1ccc(O)cc1)C(=O)O. The monoisotopic (exact) mass is 254 g/mol.